The van der Waals surface area contributed by atoms with Crippen LogP contribution < -0.4 is 0 Å². The molecule has 3 N–H and O–H groups in total. The van der Waals surface area contributed by atoms with Crippen molar-refractivity contribution in [2.75, 3.05) is 39.6 Å². The fourth-order valence-electron chi connectivity index (χ4n) is 12.1. The lowest BCUT2D eigenvalue weighted by Gasteiger charge is -2.21. The van der Waals surface area contributed by atoms with Crippen molar-refractivity contribution in [3.63, 3.8) is 0 Å². The van der Waals surface area contributed by atoms with Gasteiger partial charge in [-0.1, -0.05) is 351 Å². The monoisotopic (exact) mass is 1440 g/mol. The van der Waals surface area contributed by atoms with Gasteiger partial charge in [-0.2, -0.15) is 0 Å². The van der Waals surface area contributed by atoms with Crippen LogP contribution in [0, 0.1) is 23.7 Å². The quantitative estimate of drug-likeness (QED) is 0.0222. The highest BCUT2D eigenvalue weighted by Gasteiger charge is 2.30. The third-order valence-corrected chi connectivity index (χ3v) is 20.2. The van der Waals surface area contributed by atoms with Crippen molar-refractivity contribution in [2.24, 2.45) is 23.7 Å². The van der Waals surface area contributed by atoms with E-state index in [4.69, 9.17) is 37.0 Å². The summed E-state index contributed by atoms with van der Waals surface area (Å²) in [4.78, 5) is 72.8. The molecule has 0 aromatic heterocycles. The smallest absolute Gasteiger partial charge is 0.462 e. The molecule has 0 radical (unpaired) electrons. The molecule has 0 bridgehead atoms. The summed E-state index contributed by atoms with van der Waals surface area (Å²) >= 11 is 0. The molecule has 0 saturated heterocycles. The van der Waals surface area contributed by atoms with E-state index in [-0.39, 0.29) is 25.7 Å². The van der Waals surface area contributed by atoms with Crippen LogP contribution in [0.3, 0.4) is 0 Å². The molecule has 98 heavy (non-hydrogen) atoms. The van der Waals surface area contributed by atoms with Crippen molar-refractivity contribution in [1.29, 1.82) is 0 Å². The maximum Gasteiger partial charge on any atom is 0.472 e. The molecular formula is C79H154O17P2. The highest BCUT2D eigenvalue weighted by atomic mass is 31.2. The Balaban J connectivity index is 5.20. The first-order valence-electron chi connectivity index (χ1n) is 40.7. The largest absolute Gasteiger partial charge is 0.472 e. The number of phosphoric acid groups is 2. The zero-order valence-electron chi connectivity index (χ0n) is 64.4. The zero-order chi connectivity index (χ0) is 72.4. The normalized spacial score (nSPS) is 14.1. The lowest BCUT2D eigenvalue weighted by atomic mass is 10.0. The molecule has 582 valence electrons. The molecule has 19 heteroatoms. The van der Waals surface area contributed by atoms with Crippen LogP contribution in [0.1, 0.15) is 402 Å². The lowest BCUT2D eigenvalue weighted by molar-refractivity contribution is -0.161. The summed E-state index contributed by atoms with van der Waals surface area (Å²) in [5.74, 6) is 0.900. The molecule has 0 fully saturated rings. The SMILES string of the molecule is CC(C)CCCCCCCCCCCCCCCCCCCCC(=O)O[C@H](COC(=O)CCCCCCCCCCCCCCCCC(C)C)COP(=O)(O)OCC(O)COP(=O)(O)OC[C@@H](COC(=O)CCCCCCCCCC(C)C)OC(=O)CCCCCCCCCC(C)C. The Hall–Kier alpha value is -1.94. The number of rotatable bonds is 76. The van der Waals surface area contributed by atoms with Gasteiger partial charge in [0.15, 0.2) is 12.2 Å². The van der Waals surface area contributed by atoms with Gasteiger partial charge >= 0.3 is 39.5 Å². The van der Waals surface area contributed by atoms with Crippen LogP contribution >= 0.6 is 15.6 Å². The minimum Gasteiger partial charge on any atom is -0.462 e. The van der Waals surface area contributed by atoms with Gasteiger partial charge in [0.2, 0.25) is 0 Å². The standard InChI is InChI=1S/C79H154O17P2/c1-69(2)55-47-39-31-25-21-17-13-11-9-10-12-14-20-24-28-36-45-53-61-78(83)95-74(65-89-76(81)59-51-43-35-27-23-19-16-15-18-22-26-32-40-48-56-70(3)4)67-93-97(85,86)91-63-73(80)64-92-98(87,88)94-68-75(96-79(84)62-54-46-38-30-34-42-50-58-72(7)8)66-90-77(82)60-52-44-37-29-33-41-49-57-71(5)6/h69-75,80H,9-68H2,1-8H3,(H,85,86)(H,87,88)/t73?,74-,75-/m1/s1. The molecule has 0 aliphatic heterocycles. The van der Waals surface area contributed by atoms with Crippen LogP contribution in [0.5, 0.6) is 0 Å². The lowest BCUT2D eigenvalue weighted by Crippen LogP contribution is -2.30. The van der Waals surface area contributed by atoms with E-state index in [1.807, 2.05) is 0 Å². The van der Waals surface area contributed by atoms with Crippen molar-refractivity contribution in [1.82, 2.24) is 0 Å². The minimum absolute atomic E-state index is 0.102. The molecule has 0 aliphatic rings. The molecule has 0 heterocycles. The van der Waals surface area contributed by atoms with Crippen LogP contribution in [0.2, 0.25) is 0 Å². The molecule has 0 spiro atoms. The number of phosphoric ester groups is 2. The third kappa shape index (κ3) is 72.4. The number of carbonyl (C=O) groups is 4. The van der Waals surface area contributed by atoms with Gasteiger partial charge in [0.1, 0.15) is 19.3 Å². The number of hydrogen-bond acceptors (Lipinski definition) is 15. The summed E-state index contributed by atoms with van der Waals surface area (Å²) < 4.78 is 68.6. The van der Waals surface area contributed by atoms with Crippen molar-refractivity contribution in [3.05, 3.63) is 0 Å². The Morgan fingerprint density at radius 2 is 0.429 bits per heavy atom. The number of hydrogen-bond donors (Lipinski definition) is 3. The Morgan fingerprint density at radius 3 is 0.633 bits per heavy atom. The van der Waals surface area contributed by atoms with E-state index in [1.165, 1.54) is 199 Å². The minimum atomic E-state index is -4.96. The summed E-state index contributed by atoms with van der Waals surface area (Å²) in [6.07, 6.45) is 54.5. The predicted molar refractivity (Wildman–Crippen MR) is 400 cm³/mol. The molecular weight excluding hydrogens is 1280 g/mol. The summed E-state index contributed by atoms with van der Waals surface area (Å²) in [6.45, 7) is 14.2. The molecule has 0 amide bonds. The molecule has 3 unspecified atom stereocenters. The van der Waals surface area contributed by atoms with Gasteiger partial charge in [0.25, 0.3) is 0 Å². The fourth-order valence-corrected chi connectivity index (χ4v) is 13.7. The number of aliphatic hydroxyl groups excluding tert-OH is 1. The summed E-state index contributed by atoms with van der Waals surface area (Å²) in [7, 11) is -9.92. The van der Waals surface area contributed by atoms with E-state index in [1.54, 1.807) is 0 Å². The van der Waals surface area contributed by atoms with Gasteiger partial charge in [-0.05, 0) is 49.4 Å². The van der Waals surface area contributed by atoms with Crippen molar-refractivity contribution in [3.8, 4) is 0 Å². The van der Waals surface area contributed by atoms with E-state index < -0.39 is 97.5 Å². The van der Waals surface area contributed by atoms with Crippen LogP contribution in [0.25, 0.3) is 0 Å². The third-order valence-electron chi connectivity index (χ3n) is 18.3. The van der Waals surface area contributed by atoms with Gasteiger partial charge in [-0.15, -0.1) is 0 Å². The maximum absolute atomic E-state index is 13.1. The van der Waals surface area contributed by atoms with Gasteiger partial charge in [-0.3, -0.25) is 37.3 Å². The van der Waals surface area contributed by atoms with Gasteiger partial charge in [-0.25, -0.2) is 9.13 Å². The number of ether oxygens (including phenoxy) is 4. The molecule has 5 atom stereocenters. The second kappa shape index (κ2) is 68.2. The Bertz CT molecular complexity index is 1920. The number of carbonyl (C=O) groups excluding carboxylic acids is 4. The van der Waals surface area contributed by atoms with E-state index in [9.17, 15) is 43.2 Å². The highest BCUT2D eigenvalue weighted by molar-refractivity contribution is 7.47. The van der Waals surface area contributed by atoms with Crippen molar-refractivity contribution in [2.45, 2.75) is 420 Å². The van der Waals surface area contributed by atoms with Gasteiger partial charge < -0.3 is 33.8 Å². The Labute approximate surface area is 600 Å². The van der Waals surface area contributed by atoms with Gasteiger partial charge in [0, 0.05) is 25.7 Å². The summed E-state index contributed by atoms with van der Waals surface area (Å²) in [5.41, 5.74) is 0. The molecule has 0 aromatic rings. The number of esters is 4. The van der Waals surface area contributed by atoms with Crippen LogP contribution in [-0.4, -0.2) is 96.7 Å². The molecule has 0 aliphatic carbocycles. The molecule has 17 nitrogen and oxygen atoms in total. The van der Waals surface area contributed by atoms with Crippen LogP contribution in [-0.2, 0) is 65.4 Å². The van der Waals surface area contributed by atoms with E-state index in [0.717, 1.165) is 108 Å². The Kier molecular flexibility index (Phi) is 66.8. The fraction of sp³-hybridized carbons (Fsp3) is 0.949. The molecule has 0 rings (SSSR count). The van der Waals surface area contributed by atoms with E-state index in [0.29, 0.717) is 37.5 Å². The number of aliphatic hydroxyl groups is 1. The first kappa shape index (κ1) is 96.1. The molecule has 0 saturated carbocycles. The highest BCUT2D eigenvalue weighted by Crippen LogP contribution is 2.45. The van der Waals surface area contributed by atoms with E-state index in [2.05, 4.69) is 55.4 Å². The van der Waals surface area contributed by atoms with Crippen LogP contribution in [0.4, 0.5) is 0 Å². The second-order valence-corrected chi connectivity index (χ2v) is 33.3. The maximum atomic E-state index is 13.1. The first-order valence-corrected chi connectivity index (χ1v) is 43.7. The second-order valence-electron chi connectivity index (χ2n) is 30.4. The first-order chi connectivity index (χ1) is 47.1. The summed E-state index contributed by atoms with van der Waals surface area (Å²) in [5, 5.41) is 10.6. The van der Waals surface area contributed by atoms with Crippen LogP contribution in [0.15, 0.2) is 0 Å². The van der Waals surface area contributed by atoms with Gasteiger partial charge in [0.05, 0.1) is 26.4 Å². The predicted octanol–water partition coefficient (Wildman–Crippen LogP) is 23.2. The van der Waals surface area contributed by atoms with Crippen molar-refractivity contribution >= 4 is 39.5 Å². The van der Waals surface area contributed by atoms with E-state index >= 15 is 0 Å². The topological polar surface area (TPSA) is 237 Å². The van der Waals surface area contributed by atoms with Crippen molar-refractivity contribution < 1.29 is 80.2 Å². The zero-order valence-corrected chi connectivity index (χ0v) is 66.2. The summed E-state index contributed by atoms with van der Waals surface area (Å²) in [6, 6.07) is 0. The average molecular weight is 1440 g/mol. The number of unbranched alkanes of at least 4 members (excludes halogenated alkanes) is 42. The average Bonchev–Trinajstić information content (AvgIpc) is 2.31. The Morgan fingerprint density at radius 1 is 0.255 bits per heavy atom. The molecule has 0 aromatic carbocycles.